The van der Waals surface area contributed by atoms with E-state index in [1.54, 1.807) is 0 Å². The predicted molar refractivity (Wildman–Crippen MR) is 58.9 cm³/mol. The molecule has 0 fully saturated rings. The molecule has 1 aromatic rings. The lowest BCUT2D eigenvalue weighted by Gasteiger charge is -2.24. The van der Waals surface area contributed by atoms with E-state index < -0.39 is 0 Å². The highest BCUT2D eigenvalue weighted by Gasteiger charge is 2.18. The smallest absolute Gasteiger partial charge is 0.0948 e. The maximum atomic E-state index is 5.86. The van der Waals surface area contributed by atoms with Crippen molar-refractivity contribution in [3.05, 3.63) is 18.2 Å². The van der Waals surface area contributed by atoms with E-state index in [1.165, 1.54) is 0 Å². The highest BCUT2D eigenvalue weighted by atomic mass is 15.1. The molecule has 0 aliphatic carbocycles. The number of aromatic nitrogens is 2. The van der Waals surface area contributed by atoms with Gasteiger partial charge in [0.05, 0.1) is 12.0 Å². The molecule has 3 heteroatoms. The molecule has 0 saturated heterocycles. The van der Waals surface area contributed by atoms with E-state index in [-0.39, 0.29) is 6.04 Å². The second-order valence-corrected chi connectivity index (χ2v) is 4.75. The van der Waals surface area contributed by atoms with Crippen LogP contribution in [0.2, 0.25) is 0 Å². The van der Waals surface area contributed by atoms with Crippen molar-refractivity contribution in [3.63, 3.8) is 0 Å². The number of hydrogen-bond donors (Lipinski definition) is 1. The molecule has 0 aliphatic rings. The summed E-state index contributed by atoms with van der Waals surface area (Å²) in [6.07, 6.45) is 4.89. The molecule has 0 aliphatic heterocycles. The fraction of sp³-hybridized carbons (Fsp3) is 0.727. The molecule has 1 atom stereocenters. The van der Waals surface area contributed by atoms with E-state index in [4.69, 9.17) is 5.73 Å². The summed E-state index contributed by atoms with van der Waals surface area (Å²) < 4.78 is 2.16. The lowest BCUT2D eigenvalue weighted by molar-refractivity contribution is 0.289. The zero-order valence-electron chi connectivity index (χ0n) is 9.62. The third kappa shape index (κ3) is 2.58. The highest BCUT2D eigenvalue weighted by Crippen LogP contribution is 2.23. The number of nitrogens with zero attached hydrogens (tertiary/aromatic N) is 2. The van der Waals surface area contributed by atoms with Gasteiger partial charge in [-0.2, -0.15) is 0 Å². The van der Waals surface area contributed by atoms with Crippen LogP contribution in [0.4, 0.5) is 0 Å². The van der Waals surface area contributed by atoms with Crippen molar-refractivity contribution in [1.29, 1.82) is 0 Å². The summed E-state index contributed by atoms with van der Waals surface area (Å²) in [6, 6.07) is 0.0603. The van der Waals surface area contributed by atoms with Crippen LogP contribution in [-0.2, 0) is 6.54 Å². The number of imidazole rings is 1. The molecule has 3 nitrogen and oxygen atoms in total. The first kappa shape index (κ1) is 11.2. The van der Waals surface area contributed by atoms with Crippen molar-refractivity contribution in [3.8, 4) is 0 Å². The maximum absolute atomic E-state index is 5.86. The Morgan fingerprint density at radius 1 is 1.57 bits per heavy atom. The summed E-state index contributed by atoms with van der Waals surface area (Å²) in [6.45, 7) is 9.71. The molecule has 0 spiro atoms. The molecule has 0 saturated carbocycles. The third-order valence-electron chi connectivity index (χ3n) is 2.77. The molecule has 0 bridgehead atoms. The fourth-order valence-corrected chi connectivity index (χ4v) is 1.42. The fourth-order valence-electron chi connectivity index (χ4n) is 1.42. The van der Waals surface area contributed by atoms with Crippen molar-refractivity contribution >= 4 is 0 Å². The first-order valence-corrected chi connectivity index (χ1v) is 5.22. The van der Waals surface area contributed by atoms with Crippen molar-refractivity contribution in [2.75, 3.05) is 0 Å². The van der Waals surface area contributed by atoms with Crippen molar-refractivity contribution in [2.24, 2.45) is 11.1 Å². The normalized spacial score (nSPS) is 14.4. The first-order valence-electron chi connectivity index (χ1n) is 5.22. The van der Waals surface area contributed by atoms with Gasteiger partial charge in [-0.25, -0.2) is 4.98 Å². The van der Waals surface area contributed by atoms with E-state index in [0.717, 1.165) is 18.7 Å². The molecule has 14 heavy (non-hydrogen) atoms. The van der Waals surface area contributed by atoms with Gasteiger partial charge in [0.1, 0.15) is 0 Å². The first-order chi connectivity index (χ1) is 6.46. The Balaban J connectivity index is 2.81. The van der Waals surface area contributed by atoms with E-state index in [0.29, 0.717) is 5.41 Å². The Hall–Kier alpha value is -0.830. The maximum Gasteiger partial charge on any atom is 0.0948 e. The Kier molecular flexibility index (Phi) is 3.32. The molecular weight excluding hydrogens is 174 g/mol. The minimum absolute atomic E-state index is 0.0603. The predicted octanol–water partition coefficient (Wildman–Crippen LogP) is 2.34. The van der Waals surface area contributed by atoms with E-state index in [9.17, 15) is 0 Å². The minimum Gasteiger partial charge on any atom is -0.333 e. The van der Waals surface area contributed by atoms with E-state index in [1.807, 2.05) is 19.4 Å². The topological polar surface area (TPSA) is 43.8 Å². The second kappa shape index (κ2) is 4.13. The van der Waals surface area contributed by atoms with Crippen LogP contribution in [0.15, 0.2) is 12.5 Å². The van der Waals surface area contributed by atoms with Crippen LogP contribution >= 0.6 is 0 Å². The average Bonchev–Trinajstić information content (AvgIpc) is 2.51. The Bertz CT molecular complexity index is 286. The van der Waals surface area contributed by atoms with Gasteiger partial charge in [0, 0.05) is 18.8 Å². The SMILES string of the molecule is CCC(C)(C)Cn1cncc1C(C)N. The minimum atomic E-state index is 0.0603. The van der Waals surface area contributed by atoms with Gasteiger partial charge in [0.25, 0.3) is 0 Å². The highest BCUT2D eigenvalue weighted by molar-refractivity contribution is 5.03. The van der Waals surface area contributed by atoms with Gasteiger partial charge in [0.2, 0.25) is 0 Å². The summed E-state index contributed by atoms with van der Waals surface area (Å²) in [4.78, 5) is 4.14. The van der Waals surface area contributed by atoms with Gasteiger partial charge < -0.3 is 10.3 Å². The summed E-state index contributed by atoms with van der Waals surface area (Å²) in [5.41, 5.74) is 7.29. The van der Waals surface area contributed by atoms with Gasteiger partial charge in [0.15, 0.2) is 0 Å². The molecule has 80 valence electrons. The number of rotatable bonds is 4. The van der Waals surface area contributed by atoms with E-state index >= 15 is 0 Å². The monoisotopic (exact) mass is 195 g/mol. The summed E-state index contributed by atoms with van der Waals surface area (Å²) in [5, 5.41) is 0. The molecule has 0 amide bonds. The van der Waals surface area contributed by atoms with Crippen LogP contribution in [0, 0.1) is 5.41 Å². The molecule has 0 aromatic carbocycles. The van der Waals surface area contributed by atoms with Crippen molar-refractivity contribution < 1.29 is 0 Å². The second-order valence-electron chi connectivity index (χ2n) is 4.75. The lowest BCUT2D eigenvalue weighted by atomic mass is 9.90. The number of hydrogen-bond acceptors (Lipinski definition) is 2. The van der Waals surface area contributed by atoms with Crippen LogP contribution in [-0.4, -0.2) is 9.55 Å². The van der Waals surface area contributed by atoms with Gasteiger partial charge in [-0.15, -0.1) is 0 Å². The van der Waals surface area contributed by atoms with Gasteiger partial charge in [-0.05, 0) is 18.8 Å². The zero-order chi connectivity index (χ0) is 10.8. The van der Waals surface area contributed by atoms with Crippen LogP contribution in [0.5, 0.6) is 0 Å². The largest absolute Gasteiger partial charge is 0.333 e. The van der Waals surface area contributed by atoms with Crippen LogP contribution in [0.25, 0.3) is 0 Å². The van der Waals surface area contributed by atoms with Gasteiger partial charge >= 0.3 is 0 Å². The van der Waals surface area contributed by atoms with Crippen molar-refractivity contribution in [2.45, 2.75) is 46.7 Å². The number of nitrogens with two attached hydrogens (primary N) is 1. The molecular formula is C11H21N3. The standard InChI is InChI=1S/C11H21N3/c1-5-11(3,4)7-14-8-13-6-10(14)9(2)12/h6,8-9H,5,7,12H2,1-4H3. The Morgan fingerprint density at radius 2 is 2.21 bits per heavy atom. The molecule has 1 aromatic heterocycles. The molecule has 1 heterocycles. The Labute approximate surface area is 86.3 Å². The summed E-state index contributed by atoms with van der Waals surface area (Å²) in [7, 11) is 0. The van der Waals surface area contributed by atoms with Crippen LogP contribution in [0.3, 0.4) is 0 Å². The molecule has 0 radical (unpaired) electrons. The Morgan fingerprint density at radius 3 is 2.71 bits per heavy atom. The van der Waals surface area contributed by atoms with Gasteiger partial charge in [-0.3, -0.25) is 0 Å². The summed E-state index contributed by atoms with van der Waals surface area (Å²) in [5.74, 6) is 0. The molecule has 2 N–H and O–H groups in total. The van der Waals surface area contributed by atoms with E-state index in [2.05, 4.69) is 30.3 Å². The average molecular weight is 195 g/mol. The summed E-state index contributed by atoms with van der Waals surface area (Å²) >= 11 is 0. The molecule has 1 unspecified atom stereocenters. The lowest BCUT2D eigenvalue weighted by Crippen LogP contribution is -2.21. The van der Waals surface area contributed by atoms with Crippen LogP contribution in [0.1, 0.15) is 45.9 Å². The zero-order valence-corrected chi connectivity index (χ0v) is 9.62. The van der Waals surface area contributed by atoms with Crippen molar-refractivity contribution in [1.82, 2.24) is 9.55 Å². The third-order valence-corrected chi connectivity index (χ3v) is 2.77. The molecule has 1 rings (SSSR count). The quantitative estimate of drug-likeness (QED) is 0.801. The van der Waals surface area contributed by atoms with Gasteiger partial charge in [-0.1, -0.05) is 20.8 Å². The van der Waals surface area contributed by atoms with Crippen LogP contribution < -0.4 is 5.73 Å².